The maximum Gasteiger partial charge on any atom is 0.338 e. The molecule has 9 nitrogen and oxygen atoms in total. The summed E-state index contributed by atoms with van der Waals surface area (Å²) >= 11 is 0. The molecule has 6 N–H and O–H groups in total. The first-order valence-electron chi connectivity index (χ1n) is 9.99. The second kappa shape index (κ2) is 10.4. The Bertz CT molecular complexity index is 1070. The monoisotopic (exact) mass is 461 g/mol. The van der Waals surface area contributed by atoms with Gasteiger partial charge in [0.1, 0.15) is 5.60 Å². The summed E-state index contributed by atoms with van der Waals surface area (Å²) in [5.74, 6) is -0.609. The Morgan fingerprint density at radius 1 is 1.00 bits per heavy atom. The fourth-order valence-corrected chi connectivity index (χ4v) is 3.69. The van der Waals surface area contributed by atoms with Gasteiger partial charge >= 0.3 is 5.97 Å². The predicted molar refractivity (Wildman–Crippen MR) is 121 cm³/mol. The molecular weight excluding hydrogens is 432 g/mol. The molecule has 0 unspecified atom stereocenters. The minimum atomic E-state index is -3.70. The highest BCUT2D eigenvalue weighted by molar-refractivity contribution is 7.89. The van der Waals surface area contributed by atoms with E-state index in [0.29, 0.717) is 23.2 Å². The van der Waals surface area contributed by atoms with E-state index in [1.54, 1.807) is 45.0 Å². The van der Waals surface area contributed by atoms with Crippen LogP contribution < -0.4 is 21.2 Å². The smallest absolute Gasteiger partial charge is 0.338 e. The minimum absolute atomic E-state index is 0.0806. The molecule has 0 aliphatic rings. The van der Waals surface area contributed by atoms with Gasteiger partial charge in [0.2, 0.25) is 15.9 Å². The fourth-order valence-electron chi connectivity index (χ4n) is 2.62. The lowest BCUT2D eigenvalue weighted by atomic mass is 10.1. The van der Waals surface area contributed by atoms with E-state index in [1.807, 2.05) is 0 Å². The minimum Gasteiger partial charge on any atom is -0.456 e. The molecule has 2 aromatic rings. The molecule has 2 aromatic carbocycles. The van der Waals surface area contributed by atoms with Crippen LogP contribution in [0.5, 0.6) is 0 Å². The molecule has 0 saturated carbocycles. The van der Waals surface area contributed by atoms with Gasteiger partial charge in [-0.2, -0.15) is 0 Å². The highest BCUT2D eigenvalue weighted by Gasteiger charge is 2.18. The highest BCUT2D eigenvalue weighted by atomic mass is 32.2. The van der Waals surface area contributed by atoms with Crippen molar-refractivity contribution in [2.75, 3.05) is 11.9 Å². The summed E-state index contributed by atoms with van der Waals surface area (Å²) < 4.78 is 32.4. The van der Waals surface area contributed by atoms with Crippen LogP contribution in [0.3, 0.4) is 0 Å². The number of ether oxygens (including phenoxy) is 1. The average molecular weight is 462 g/mol. The molecule has 10 heteroatoms. The fraction of sp³-hybridized carbons (Fsp3) is 0.318. The van der Waals surface area contributed by atoms with Gasteiger partial charge in [-0.05, 0) is 75.7 Å². The molecule has 0 aliphatic heterocycles. The molecule has 0 heterocycles. The van der Waals surface area contributed by atoms with Crippen LogP contribution >= 0.6 is 0 Å². The number of nitrogens with two attached hydrogens (primary N) is 2. The van der Waals surface area contributed by atoms with E-state index in [2.05, 4.69) is 10.0 Å². The molecule has 0 fully saturated rings. The largest absolute Gasteiger partial charge is 0.456 e. The average Bonchev–Trinajstić information content (AvgIpc) is 2.70. The first kappa shape index (κ1) is 25.0. The Labute approximate surface area is 187 Å². The molecule has 0 aromatic heterocycles. The zero-order valence-corrected chi connectivity index (χ0v) is 19.2. The number of nitrogens with one attached hydrogen (secondary N) is 2. The first-order chi connectivity index (χ1) is 14.9. The Balaban J connectivity index is 1.79. The van der Waals surface area contributed by atoms with E-state index in [9.17, 15) is 18.0 Å². The number of carbonyl (C=O) groups is 2. The van der Waals surface area contributed by atoms with E-state index >= 15 is 0 Å². The number of sulfonamides is 1. The third kappa shape index (κ3) is 7.78. The van der Waals surface area contributed by atoms with Gasteiger partial charge < -0.3 is 10.1 Å². The maximum absolute atomic E-state index is 12.3. The Morgan fingerprint density at radius 3 is 2.09 bits per heavy atom. The Hall–Kier alpha value is -3.24. The van der Waals surface area contributed by atoms with E-state index in [1.165, 1.54) is 24.3 Å². The van der Waals surface area contributed by atoms with Crippen molar-refractivity contribution in [3.05, 3.63) is 59.7 Å². The standard InChI is InChI=1S/C22H28N4O5S/c1-22(2,3)31-21(28)16-6-10-17(11-7-16)26-19(27)5-4-14-25-32(29,30)18-12-8-15(9-13-18)20(23)24/h6-13,25H,4-5,14H2,1-3H3,(H3,23,24)(H,26,27)/p+1. The first-order valence-corrected chi connectivity index (χ1v) is 11.5. The number of amides is 1. The van der Waals surface area contributed by atoms with E-state index in [4.69, 9.17) is 15.9 Å². The summed E-state index contributed by atoms with van der Waals surface area (Å²) in [6, 6.07) is 12.2. The van der Waals surface area contributed by atoms with E-state index < -0.39 is 21.6 Å². The van der Waals surface area contributed by atoms with Crippen molar-refractivity contribution in [1.82, 2.24) is 4.72 Å². The lowest BCUT2D eigenvalue weighted by molar-refractivity contribution is -0.116. The van der Waals surface area contributed by atoms with Crippen LogP contribution in [0.4, 0.5) is 5.69 Å². The van der Waals surface area contributed by atoms with Crippen molar-refractivity contribution in [3.63, 3.8) is 0 Å². The zero-order valence-electron chi connectivity index (χ0n) is 18.3. The van der Waals surface area contributed by atoms with Crippen molar-refractivity contribution in [2.24, 2.45) is 5.73 Å². The van der Waals surface area contributed by atoms with Crippen molar-refractivity contribution < 1.29 is 28.2 Å². The summed E-state index contributed by atoms with van der Waals surface area (Å²) in [5.41, 5.74) is 6.33. The lowest BCUT2D eigenvalue weighted by Gasteiger charge is -2.19. The van der Waals surface area contributed by atoms with Crippen LogP contribution in [0.15, 0.2) is 53.4 Å². The van der Waals surface area contributed by atoms with Gasteiger partial charge in [0.25, 0.3) is 5.84 Å². The van der Waals surface area contributed by atoms with E-state index in [-0.39, 0.29) is 29.6 Å². The van der Waals surface area contributed by atoms with Crippen LogP contribution in [-0.4, -0.2) is 38.3 Å². The van der Waals surface area contributed by atoms with E-state index in [0.717, 1.165) is 0 Å². The van der Waals surface area contributed by atoms with Gasteiger partial charge in [0.05, 0.1) is 16.0 Å². The number of hydrogen-bond acceptors (Lipinski definition) is 5. The predicted octanol–water partition coefficient (Wildman–Crippen LogP) is 0.804. The third-order valence-corrected chi connectivity index (χ3v) is 5.65. The van der Waals surface area contributed by atoms with Gasteiger partial charge in [0, 0.05) is 18.7 Å². The molecule has 172 valence electrons. The highest BCUT2D eigenvalue weighted by Crippen LogP contribution is 2.15. The summed E-state index contributed by atoms with van der Waals surface area (Å²) in [5, 5.41) is 8.18. The number of esters is 1. The molecule has 0 bridgehead atoms. The third-order valence-electron chi connectivity index (χ3n) is 4.17. The van der Waals surface area contributed by atoms with Gasteiger partial charge in [0.15, 0.2) is 0 Å². The van der Waals surface area contributed by atoms with Gasteiger partial charge in [-0.3, -0.25) is 15.9 Å². The van der Waals surface area contributed by atoms with Crippen LogP contribution in [0, 0.1) is 0 Å². The normalized spacial score (nSPS) is 11.6. The van der Waals surface area contributed by atoms with Gasteiger partial charge in [-0.1, -0.05) is 0 Å². The van der Waals surface area contributed by atoms with Crippen molar-refractivity contribution in [1.29, 1.82) is 0 Å². The number of benzene rings is 2. The number of hydrogen-bond donors (Lipinski definition) is 4. The number of anilines is 1. The summed E-state index contributed by atoms with van der Waals surface area (Å²) in [7, 11) is -3.70. The van der Waals surface area contributed by atoms with Gasteiger partial charge in [-0.25, -0.2) is 17.9 Å². The van der Waals surface area contributed by atoms with Crippen LogP contribution in [0.2, 0.25) is 0 Å². The lowest BCUT2D eigenvalue weighted by Crippen LogP contribution is -2.46. The Morgan fingerprint density at radius 2 is 1.56 bits per heavy atom. The molecule has 0 atom stereocenters. The summed E-state index contributed by atoms with van der Waals surface area (Å²) in [4.78, 5) is 24.2. The second-order valence-corrected chi connectivity index (χ2v) is 9.88. The summed E-state index contributed by atoms with van der Waals surface area (Å²) in [6.45, 7) is 5.45. The molecule has 0 radical (unpaired) electrons. The molecule has 0 spiro atoms. The van der Waals surface area contributed by atoms with Crippen molar-refractivity contribution in [2.45, 2.75) is 44.1 Å². The van der Waals surface area contributed by atoms with Crippen LogP contribution in [-0.2, 0) is 19.6 Å². The summed E-state index contributed by atoms with van der Waals surface area (Å²) in [6.07, 6.45) is 0.427. The molecule has 0 aliphatic carbocycles. The molecular formula is C22H29N4O5S+. The quantitative estimate of drug-likeness (QED) is 0.188. The van der Waals surface area contributed by atoms with Crippen LogP contribution in [0.25, 0.3) is 0 Å². The van der Waals surface area contributed by atoms with Crippen LogP contribution in [0.1, 0.15) is 49.5 Å². The van der Waals surface area contributed by atoms with Crippen molar-refractivity contribution in [3.8, 4) is 0 Å². The SMILES string of the molecule is CC(C)(C)OC(=O)c1ccc(NC(=O)CCCNS(=O)(=O)c2ccc(C(N)=[NH2+])cc2)cc1. The number of rotatable bonds is 9. The second-order valence-electron chi connectivity index (χ2n) is 8.11. The Kier molecular flexibility index (Phi) is 8.12. The number of amidine groups is 1. The number of carbonyl (C=O) groups excluding carboxylic acids is 2. The molecule has 1 amide bonds. The zero-order chi connectivity index (χ0) is 23.9. The molecule has 32 heavy (non-hydrogen) atoms. The topological polar surface area (TPSA) is 153 Å². The van der Waals surface area contributed by atoms with Gasteiger partial charge in [-0.15, -0.1) is 0 Å². The van der Waals surface area contributed by atoms with Crippen molar-refractivity contribution >= 4 is 33.4 Å². The maximum atomic E-state index is 12.3. The molecule has 0 saturated heterocycles. The molecule has 2 rings (SSSR count).